The van der Waals surface area contributed by atoms with Crippen molar-refractivity contribution in [2.45, 2.75) is 38.4 Å². The minimum Gasteiger partial charge on any atom is -0.467 e. The van der Waals surface area contributed by atoms with Crippen LogP contribution in [0.2, 0.25) is 0 Å². The maximum atomic E-state index is 12.6. The van der Waals surface area contributed by atoms with Gasteiger partial charge < -0.3 is 14.6 Å². The minimum atomic E-state index is -0.0667. The molecule has 1 fully saturated rings. The van der Waals surface area contributed by atoms with Crippen molar-refractivity contribution in [3.8, 4) is 0 Å². The molecule has 3 aromatic heterocycles. The lowest BCUT2D eigenvalue weighted by atomic mass is 10.2. The predicted octanol–water partition coefficient (Wildman–Crippen LogP) is 3.42. The van der Waals surface area contributed by atoms with Crippen molar-refractivity contribution in [3.63, 3.8) is 0 Å². The lowest BCUT2D eigenvalue weighted by molar-refractivity contribution is 0.166. The van der Waals surface area contributed by atoms with Crippen LogP contribution in [0.3, 0.4) is 0 Å². The molecule has 0 spiro atoms. The highest BCUT2D eigenvalue weighted by Gasteiger charge is 2.37. The number of fused-ring (bicyclic) bond motifs is 1. The quantitative estimate of drug-likeness (QED) is 0.779. The number of hydrogen-bond acceptors (Lipinski definition) is 4. The molecule has 2 amide bonds. The summed E-state index contributed by atoms with van der Waals surface area (Å²) in [6.45, 7) is 2.44. The lowest BCUT2D eigenvalue weighted by Gasteiger charge is -2.28. The van der Waals surface area contributed by atoms with Crippen molar-refractivity contribution in [1.82, 2.24) is 19.6 Å². The van der Waals surface area contributed by atoms with Gasteiger partial charge in [-0.05, 0) is 31.9 Å². The average Bonchev–Trinajstić information content (AvgIpc) is 2.95. The van der Waals surface area contributed by atoms with Gasteiger partial charge in [0.15, 0.2) is 4.96 Å². The second kappa shape index (κ2) is 5.73. The molecule has 1 atom stereocenters. The van der Waals surface area contributed by atoms with Gasteiger partial charge in [-0.2, -0.15) is 0 Å². The Labute approximate surface area is 137 Å². The zero-order valence-electron chi connectivity index (χ0n) is 12.8. The molecule has 0 bridgehead atoms. The van der Waals surface area contributed by atoms with E-state index in [2.05, 4.69) is 10.3 Å². The van der Waals surface area contributed by atoms with Gasteiger partial charge in [0.05, 0.1) is 24.5 Å². The van der Waals surface area contributed by atoms with Crippen molar-refractivity contribution < 1.29 is 9.21 Å². The van der Waals surface area contributed by atoms with Gasteiger partial charge in [0.25, 0.3) is 0 Å². The molecule has 1 aliphatic carbocycles. The van der Waals surface area contributed by atoms with Gasteiger partial charge in [0.1, 0.15) is 5.76 Å². The van der Waals surface area contributed by atoms with E-state index in [-0.39, 0.29) is 12.1 Å². The number of hydrogen-bond donors (Lipinski definition) is 1. The molecule has 3 heterocycles. The number of nitrogens with one attached hydrogen (secondary N) is 1. The normalized spacial score (nSPS) is 15.7. The van der Waals surface area contributed by atoms with Crippen LogP contribution >= 0.6 is 11.3 Å². The number of carbonyl (C=O) groups excluding carboxylic acids is 1. The summed E-state index contributed by atoms with van der Waals surface area (Å²) >= 11 is 1.58. The number of furan rings is 1. The molecule has 7 heteroatoms. The third-order valence-corrected chi connectivity index (χ3v) is 4.88. The largest absolute Gasteiger partial charge is 0.467 e. The maximum Gasteiger partial charge on any atom is 0.318 e. The van der Waals surface area contributed by atoms with E-state index in [1.165, 1.54) is 0 Å². The third-order valence-electron chi connectivity index (χ3n) is 4.11. The topological polar surface area (TPSA) is 62.8 Å². The van der Waals surface area contributed by atoms with Crippen molar-refractivity contribution in [2.75, 3.05) is 0 Å². The van der Waals surface area contributed by atoms with Crippen molar-refractivity contribution in [2.24, 2.45) is 0 Å². The number of carbonyl (C=O) groups is 1. The molecule has 0 radical (unpaired) electrons. The molecule has 1 N–H and O–H groups in total. The van der Waals surface area contributed by atoms with Crippen molar-refractivity contribution in [1.29, 1.82) is 0 Å². The van der Waals surface area contributed by atoms with E-state index in [1.54, 1.807) is 17.6 Å². The molecule has 6 nitrogen and oxygen atoms in total. The summed E-state index contributed by atoms with van der Waals surface area (Å²) in [5, 5.41) is 4.98. The van der Waals surface area contributed by atoms with Gasteiger partial charge in [-0.1, -0.05) is 0 Å². The van der Waals surface area contributed by atoms with Crippen LogP contribution in [0.15, 0.2) is 40.6 Å². The second-order valence-electron chi connectivity index (χ2n) is 5.81. The zero-order chi connectivity index (χ0) is 15.8. The summed E-state index contributed by atoms with van der Waals surface area (Å²) in [7, 11) is 0. The van der Waals surface area contributed by atoms with Gasteiger partial charge >= 0.3 is 6.03 Å². The maximum absolute atomic E-state index is 12.6. The number of thiazole rings is 1. The molecule has 4 rings (SSSR count). The van der Waals surface area contributed by atoms with Crippen molar-refractivity contribution >= 4 is 22.3 Å². The summed E-state index contributed by atoms with van der Waals surface area (Å²) < 4.78 is 7.43. The number of amides is 2. The Morgan fingerprint density at radius 2 is 2.48 bits per heavy atom. The Bertz CT molecular complexity index is 775. The van der Waals surface area contributed by atoms with E-state index in [1.807, 2.05) is 46.1 Å². The first-order valence-electron chi connectivity index (χ1n) is 7.73. The molecule has 0 saturated heterocycles. The van der Waals surface area contributed by atoms with Gasteiger partial charge in [-0.25, -0.2) is 9.78 Å². The summed E-state index contributed by atoms with van der Waals surface area (Å²) in [5.41, 5.74) is 0.867. The monoisotopic (exact) mass is 330 g/mol. The second-order valence-corrected chi connectivity index (χ2v) is 6.69. The molecule has 1 saturated carbocycles. The molecular weight excluding hydrogens is 312 g/mol. The van der Waals surface area contributed by atoms with Gasteiger partial charge in [-0.15, -0.1) is 11.3 Å². The van der Waals surface area contributed by atoms with E-state index in [4.69, 9.17) is 4.42 Å². The van der Waals surface area contributed by atoms with Gasteiger partial charge in [-0.3, -0.25) is 4.40 Å². The highest BCUT2D eigenvalue weighted by Crippen LogP contribution is 2.34. The lowest BCUT2D eigenvalue weighted by Crippen LogP contribution is -2.42. The molecule has 120 valence electrons. The first-order chi connectivity index (χ1) is 11.2. The van der Waals surface area contributed by atoms with E-state index < -0.39 is 0 Å². The van der Waals surface area contributed by atoms with Crippen LogP contribution in [-0.4, -0.2) is 26.4 Å². The number of urea groups is 1. The smallest absolute Gasteiger partial charge is 0.318 e. The van der Waals surface area contributed by atoms with Crippen LogP contribution in [0.25, 0.3) is 4.96 Å². The van der Waals surface area contributed by atoms with Crippen LogP contribution in [-0.2, 0) is 6.54 Å². The van der Waals surface area contributed by atoms with Crippen LogP contribution in [0.4, 0.5) is 4.79 Å². The van der Waals surface area contributed by atoms with E-state index in [0.717, 1.165) is 29.3 Å². The van der Waals surface area contributed by atoms with Crippen LogP contribution in [0, 0.1) is 0 Å². The molecule has 23 heavy (non-hydrogen) atoms. The first-order valence-corrected chi connectivity index (χ1v) is 8.61. The van der Waals surface area contributed by atoms with Gasteiger partial charge in [0.2, 0.25) is 0 Å². The van der Waals surface area contributed by atoms with E-state index >= 15 is 0 Å². The molecule has 0 aliphatic heterocycles. The number of imidazole rings is 1. The molecule has 0 aromatic carbocycles. The van der Waals surface area contributed by atoms with Crippen LogP contribution in [0.5, 0.6) is 0 Å². The molecular formula is C16H18N4O2S. The Hall–Kier alpha value is -2.28. The summed E-state index contributed by atoms with van der Waals surface area (Å²) in [6.07, 6.45) is 7.67. The summed E-state index contributed by atoms with van der Waals surface area (Å²) in [6, 6.07) is 3.94. The Morgan fingerprint density at radius 3 is 3.17 bits per heavy atom. The third kappa shape index (κ3) is 2.84. The number of aromatic nitrogens is 2. The Balaban J connectivity index is 1.44. The fourth-order valence-electron chi connectivity index (χ4n) is 2.80. The molecule has 1 aliphatic rings. The fraction of sp³-hybridized carbons (Fsp3) is 0.375. The minimum absolute atomic E-state index is 0.0623. The Kier molecular flexibility index (Phi) is 3.57. The zero-order valence-corrected chi connectivity index (χ0v) is 13.6. The van der Waals surface area contributed by atoms with E-state index in [9.17, 15) is 4.79 Å². The predicted molar refractivity (Wildman–Crippen MR) is 87.3 cm³/mol. The molecule has 3 aromatic rings. The van der Waals surface area contributed by atoms with Crippen LogP contribution in [0.1, 0.15) is 37.3 Å². The molecule has 0 unspecified atom stereocenters. The van der Waals surface area contributed by atoms with E-state index in [0.29, 0.717) is 12.6 Å². The van der Waals surface area contributed by atoms with Crippen LogP contribution < -0.4 is 5.32 Å². The SMILES string of the molecule is C[C@H](c1ccco1)N(C(=O)NCc1cn2ccsc2n1)C1CC1. The fourth-order valence-corrected chi connectivity index (χ4v) is 3.51. The number of rotatable bonds is 5. The standard InChI is InChI=1S/C16H18N4O2S/c1-11(14-3-2-7-22-14)20(13-4-5-13)15(21)17-9-12-10-19-6-8-23-16(19)18-12/h2-3,6-8,10-11,13H,4-5,9H2,1H3,(H,17,21)/t11-/m1/s1. The van der Waals surface area contributed by atoms with Gasteiger partial charge in [0, 0.05) is 23.8 Å². The number of nitrogens with zero attached hydrogens (tertiary/aromatic N) is 3. The highest BCUT2D eigenvalue weighted by molar-refractivity contribution is 7.15. The van der Waals surface area contributed by atoms with Crippen molar-refractivity contribution in [3.05, 3.63) is 47.6 Å². The average molecular weight is 330 g/mol. The highest BCUT2D eigenvalue weighted by atomic mass is 32.1. The summed E-state index contributed by atoms with van der Waals surface area (Å²) in [4.78, 5) is 19.9. The first kappa shape index (κ1) is 14.3. The summed E-state index contributed by atoms with van der Waals surface area (Å²) in [5.74, 6) is 0.814. The Morgan fingerprint density at radius 1 is 1.61 bits per heavy atom.